The van der Waals surface area contributed by atoms with Gasteiger partial charge in [-0.1, -0.05) is 19.3 Å². The van der Waals surface area contributed by atoms with Crippen LogP contribution in [0.2, 0.25) is 0 Å². The summed E-state index contributed by atoms with van der Waals surface area (Å²) in [6.45, 7) is 3.54. The largest absolute Gasteiger partial charge is 0.490 e. The quantitative estimate of drug-likeness (QED) is 0.754. The highest BCUT2D eigenvalue weighted by atomic mass is 16.5. The summed E-state index contributed by atoms with van der Waals surface area (Å²) in [6, 6.07) is 5.24. The van der Waals surface area contributed by atoms with Gasteiger partial charge < -0.3 is 19.1 Å². The number of hydrogen-bond donors (Lipinski definition) is 0. The lowest BCUT2D eigenvalue weighted by Crippen LogP contribution is -2.43. The third kappa shape index (κ3) is 4.48. The molecule has 142 valence electrons. The van der Waals surface area contributed by atoms with Crippen LogP contribution in [0.5, 0.6) is 11.5 Å². The second-order valence-corrected chi connectivity index (χ2v) is 6.76. The third-order valence-corrected chi connectivity index (χ3v) is 4.99. The molecule has 1 aliphatic carbocycles. The Morgan fingerprint density at radius 1 is 1.08 bits per heavy atom. The van der Waals surface area contributed by atoms with E-state index in [2.05, 4.69) is 0 Å². The van der Waals surface area contributed by atoms with Gasteiger partial charge in [0.05, 0.1) is 18.8 Å². The topological polar surface area (TPSA) is 65.1 Å². The highest BCUT2D eigenvalue weighted by Crippen LogP contribution is 2.30. The molecule has 1 aliphatic heterocycles. The van der Waals surface area contributed by atoms with E-state index in [4.69, 9.17) is 14.2 Å². The van der Waals surface area contributed by atoms with Gasteiger partial charge in [-0.05, 0) is 38.0 Å². The smallest absolute Gasteiger partial charge is 0.338 e. The second-order valence-electron chi connectivity index (χ2n) is 6.76. The number of carbonyl (C=O) groups is 2. The van der Waals surface area contributed by atoms with Crippen LogP contribution in [-0.4, -0.2) is 49.2 Å². The van der Waals surface area contributed by atoms with E-state index in [-0.39, 0.29) is 18.6 Å². The molecular formula is C20H27NO5. The monoisotopic (exact) mass is 361 g/mol. The van der Waals surface area contributed by atoms with E-state index in [1.54, 1.807) is 18.2 Å². The van der Waals surface area contributed by atoms with Gasteiger partial charge in [0.25, 0.3) is 5.91 Å². The Bertz CT molecular complexity index is 639. The van der Waals surface area contributed by atoms with Gasteiger partial charge in [-0.3, -0.25) is 4.79 Å². The van der Waals surface area contributed by atoms with Crippen molar-refractivity contribution >= 4 is 11.9 Å². The highest BCUT2D eigenvalue weighted by molar-refractivity contribution is 5.92. The maximum absolute atomic E-state index is 12.5. The van der Waals surface area contributed by atoms with Crippen LogP contribution < -0.4 is 9.47 Å². The average Bonchev–Trinajstić information content (AvgIpc) is 2.92. The Labute approximate surface area is 154 Å². The summed E-state index contributed by atoms with van der Waals surface area (Å²) in [5.74, 6) is 0.529. The minimum atomic E-state index is -0.520. The van der Waals surface area contributed by atoms with Crippen LogP contribution in [-0.2, 0) is 9.53 Å². The number of likely N-dealkylation sites (N-methyl/N-ethyl adjacent to an activating group) is 1. The van der Waals surface area contributed by atoms with Crippen molar-refractivity contribution in [2.45, 2.75) is 51.5 Å². The van der Waals surface area contributed by atoms with Crippen LogP contribution in [0.4, 0.5) is 0 Å². The zero-order chi connectivity index (χ0) is 18.4. The number of benzene rings is 1. The molecule has 1 heterocycles. The lowest BCUT2D eigenvalue weighted by Gasteiger charge is -2.33. The minimum Gasteiger partial charge on any atom is -0.490 e. The zero-order valence-corrected chi connectivity index (χ0v) is 15.4. The number of hydrogen-bond acceptors (Lipinski definition) is 5. The number of fused-ring (bicyclic) bond motifs is 1. The molecule has 1 aromatic rings. The molecule has 6 heteroatoms. The Hall–Kier alpha value is -2.24. The van der Waals surface area contributed by atoms with E-state index in [0.29, 0.717) is 36.8 Å². The standard InChI is InChI=1S/C20H27NO5/c1-2-21(16-7-4-3-5-8-16)19(22)14-26-20(23)15-9-10-17-18(13-15)25-12-6-11-24-17/h9-10,13,16H,2-8,11-12,14H2,1H3. The Morgan fingerprint density at radius 2 is 1.81 bits per heavy atom. The molecule has 6 nitrogen and oxygen atoms in total. The first-order valence-corrected chi connectivity index (χ1v) is 9.55. The number of carbonyl (C=O) groups excluding carboxylic acids is 2. The van der Waals surface area contributed by atoms with Crippen molar-refractivity contribution in [1.29, 1.82) is 0 Å². The van der Waals surface area contributed by atoms with E-state index in [1.165, 1.54) is 6.42 Å². The molecule has 1 saturated carbocycles. The van der Waals surface area contributed by atoms with Crippen molar-refractivity contribution in [1.82, 2.24) is 4.90 Å². The number of amides is 1. The van der Waals surface area contributed by atoms with Crippen LogP contribution in [0.3, 0.4) is 0 Å². The van der Waals surface area contributed by atoms with Crippen LogP contribution in [0.1, 0.15) is 55.8 Å². The Morgan fingerprint density at radius 3 is 2.54 bits per heavy atom. The molecule has 0 unspecified atom stereocenters. The van der Waals surface area contributed by atoms with E-state index >= 15 is 0 Å². The molecule has 2 aliphatic rings. The van der Waals surface area contributed by atoms with E-state index in [0.717, 1.165) is 32.1 Å². The van der Waals surface area contributed by atoms with Gasteiger partial charge in [-0.2, -0.15) is 0 Å². The molecular weight excluding hydrogens is 334 g/mol. The fourth-order valence-corrected chi connectivity index (χ4v) is 3.61. The van der Waals surface area contributed by atoms with Crippen molar-refractivity contribution < 1.29 is 23.8 Å². The summed E-state index contributed by atoms with van der Waals surface area (Å²) in [7, 11) is 0. The lowest BCUT2D eigenvalue weighted by atomic mass is 9.94. The molecule has 0 aromatic heterocycles. The first-order chi connectivity index (χ1) is 12.7. The van der Waals surface area contributed by atoms with Crippen LogP contribution in [0.25, 0.3) is 0 Å². The van der Waals surface area contributed by atoms with Crippen LogP contribution in [0, 0.1) is 0 Å². The first-order valence-electron chi connectivity index (χ1n) is 9.55. The van der Waals surface area contributed by atoms with Gasteiger partial charge in [-0.25, -0.2) is 4.79 Å². The molecule has 0 radical (unpaired) electrons. The molecule has 0 atom stereocenters. The van der Waals surface area contributed by atoms with Gasteiger partial charge in [-0.15, -0.1) is 0 Å². The lowest BCUT2D eigenvalue weighted by molar-refractivity contribution is -0.137. The highest BCUT2D eigenvalue weighted by Gasteiger charge is 2.25. The molecule has 1 fully saturated rings. The van der Waals surface area contributed by atoms with Crippen molar-refractivity contribution in [2.75, 3.05) is 26.4 Å². The Kier molecular flexibility index (Phi) is 6.36. The predicted octanol–water partition coefficient (Wildman–Crippen LogP) is 3.19. The summed E-state index contributed by atoms with van der Waals surface area (Å²) in [5.41, 5.74) is 0.364. The number of esters is 1. The van der Waals surface area contributed by atoms with Gasteiger partial charge in [0, 0.05) is 19.0 Å². The van der Waals surface area contributed by atoms with E-state index in [9.17, 15) is 9.59 Å². The molecule has 0 N–H and O–H groups in total. The molecule has 26 heavy (non-hydrogen) atoms. The van der Waals surface area contributed by atoms with E-state index in [1.807, 2.05) is 11.8 Å². The molecule has 0 saturated heterocycles. The van der Waals surface area contributed by atoms with Gasteiger partial charge in [0.1, 0.15) is 0 Å². The first kappa shape index (κ1) is 18.5. The zero-order valence-electron chi connectivity index (χ0n) is 15.4. The van der Waals surface area contributed by atoms with Crippen molar-refractivity contribution in [3.05, 3.63) is 23.8 Å². The fourth-order valence-electron chi connectivity index (χ4n) is 3.61. The van der Waals surface area contributed by atoms with Crippen LogP contribution >= 0.6 is 0 Å². The molecule has 3 rings (SSSR count). The molecule has 0 spiro atoms. The van der Waals surface area contributed by atoms with Crippen LogP contribution in [0.15, 0.2) is 18.2 Å². The summed E-state index contributed by atoms with van der Waals surface area (Å²) in [5, 5.41) is 0. The normalized spacial score (nSPS) is 17.3. The summed E-state index contributed by atoms with van der Waals surface area (Å²) < 4.78 is 16.4. The number of nitrogens with zero attached hydrogens (tertiary/aromatic N) is 1. The van der Waals surface area contributed by atoms with Crippen molar-refractivity contribution in [2.24, 2.45) is 0 Å². The van der Waals surface area contributed by atoms with Gasteiger partial charge in [0.2, 0.25) is 0 Å². The maximum Gasteiger partial charge on any atom is 0.338 e. The fraction of sp³-hybridized carbons (Fsp3) is 0.600. The number of ether oxygens (including phenoxy) is 3. The maximum atomic E-state index is 12.5. The minimum absolute atomic E-state index is 0.123. The van der Waals surface area contributed by atoms with Crippen molar-refractivity contribution in [3.63, 3.8) is 0 Å². The molecule has 1 amide bonds. The van der Waals surface area contributed by atoms with Gasteiger partial charge >= 0.3 is 5.97 Å². The van der Waals surface area contributed by atoms with Crippen molar-refractivity contribution in [3.8, 4) is 11.5 Å². The summed E-state index contributed by atoms with van der Waals surface area (Å²) in [4.78, 5) is 26.7. The van der Waals surface area contributed by atoms with E-state index < -0.39 is 5.97 Å². The number of rotatable bonds is 5. The molecule has 1 aromatic carbocycles. The predicted molar refractivity (Wildman–Crippen MR) is 96.6 cm³/mol. The summed E-state index contributed by atoms with van der Waals surface area (Å²) in [6.07, 6.45) is 6.43. The third-order valence-electron chi connectivity index (χ3n) is 4.99. The van der Waals surface area contributed by atoms with Gasteiger partial charge in [0.15, 0.2) is 18.1 Å². The second kappa shape index (κ2) is 8.92. The Balaban J connectivity index is 1.57. The SMILES string of the molecule is CCN(C(=O)COC(=O)c1ccc2c(c1)OCCCO2)C1CCCCC1. The average molecular weight is 361 g/mol. The summed E-state index contributed by atoms with van der Waals surface area (Å²) >= 11 is 0. The molecule has 0 bridgehead atoms.